The summed E-state index contributed by atoms with van der Waals surface area (Å²) in [5.74, 6) is 1.84. The summed E-state index contributed by atoms with van der Waals surface area (Å²) in [6.45, 7) is 6.53. The maximum Gasteiger partial charge on any atom is 0.0351 e. The van der Waals surface area contributed by atoms with E-state index in [4.69, 9.17) is 11.6 Å². The number of halogens is 1. The Morgan fingerprint density at radius 2 is 1.88 bits per heavy atom. The normalized spacial score (nSPS) is 11.3. The van der Waals surface area contributed by atoms with E-state index in [2.05, 4.69) is 49.1 Å². The van der Waals surface area contributed by atoms with E-state index in [1.54, 1.807) is 0 Å². The van der Waals surface area contributed by atoms with E-state index in [9.17, 15) is 0 Å². The molecule has 0 bridgehead atoms. The van der Waals surface area contributed by atoms with Crippen molar-refractivity contribution in [3.63, 3.8) is 0 Å². The van der Waals surface area contributed by atoms with Crippen molar-refractivity contribution in [3.05, 3.63) is 30.3 Å². The molecule has 0 saturated heterocycles. The van der Waals surface area contributed by atoms with Crippen molar-refractivity contribution in [2.45, 2.75) is 24.8 Å². The van der Waals surface area contributed by atoms with E-state index < -0.39 is 0 Å². The zero-order valence-electron chi connectivity index (χ0n) is 10.0. The predicted octanol–water partition coefficient (Wildman–Crippen LogP) is 3.73. The highest BCUT2D eigenvalue weighted by atomic mass is 35.5. The van der Waals surface area contributed by atoms with Crippen LogP contribution in [0.15, 0.2) is 35.2 Å². The summed E-state index contributed by atoms with van der Waals surface area (Å²) >= 11 is 7.70. The van der Waals surface area contributed by atoms with Gasteiger partial charge in [-0.1, -0.05) is 18.2 Å². The lowest BCUT2D eigenvalue weighted by atomic mass is 10.3. The molecule has 90 valence electrons. The van der Waals surface area contributed by atoms with Crippen molar-refractivity contribution in [3.8, 4) is 0 Å². The van der Waals surface area contributed by atoms with Gasteiger partial charge in [0.15, 0.2) is 0 Å². The molecule has 0 fully saturated rings. The molecule has 1 nitrogen and oxygen atoms in total. The Morgan fingerprint density at radius 1 is 1.19 bits per heavy atom. The van der Waals surface area contributed by atoms with Crippen LogP contribution in [0.1, 0.15) is 13.8 Å². The third-order valence-electron chi connectivity index (χ3n) is 2.49. The summed E-state index contributed by atoms with van der Waals surface area (Å²) < 4.78 is 0. The van der Waals surface area contributed by atoms with E-state index in [1.807, 2.05) is 11.8 Å². The van der Waals surface area contributed by atoms with Crippen molar-refractivity contribution in [1.29, 1.82) is 0 Å². The standard InChI is InChI=1S/C13H20ClNS/c1-12(2)15(9-8-14)10-11-16-13-6-4-3-5-7-13/h3-7,12H,8-11H2,1-2H3. The molecule has 0 saturated carbocycles. The Hall–Kier alpha value is -0.180. The number of thioether (sulfide) groups is 1. The van der Waals surface area contributed by atoms with Gasteiger partial charge in [-0.05, 0) is 26.0 Å². The molecule has 0 aliphatic carbocycles. The largest absolute Gasteiger partial charge is 0.299 e. The lowest BCUT2D eigenvalue weighted by molar-refractivity contribution is 0.250. The fourth-order valence-electron chi connectivity index (χ4n) is 1.53. The van der Waals surface area contributed by atoms with E-state index in [-0.39, 0.29) is 0 Å². The van der Waals surface area contributed by atoms with Crippen LogP contribution in [0.5, 0.6) is 0 Å². The zero-order chi connectivity index (χ0) is 11.8. The van der Waals surface area contributed by atoms with Gasteiger partial charge in [-0.25, -0.2) is 0 Å². The minimum absolute atomic E-state index is 0.579. The fraction of sp³-hybridized carbons (Fsp3) is 0.538. The third kappa shape index (κ3) is 5.24. The molecule has 1 aromatic carbocycles. The van der Waals surface area contributed by atoms with Crippen LogP contribution < -0.4 is 0 Å². The number of rotatable bonds is 7. The fourth-order valence-corrected chi connectivity index (χ4v) is 2.66. The van der Waals surface area contributed by atoms with E-state index in [1.165, 1.54) is 4.90 Å². The first-order chi connectivity index (χ1) is 7.74. The van der Waals surface area contributed by atoms with Gasteiger partial charge in [0.2, 0.25) is 0 Å². The topological polar surface area (TPSA) is 3.24 Å². The number of nitrogens with zero attached hydrogens (tertiary/aromatic N) is 1. The summed E-state index contributed by atoms with van der Waals surface area (Å²) in [4.78, 5) is 3.76. The molecule has 1 aromatic rings. The second kappa shape index (κ2) is 7.99. The van der Waals surface area contributed by atoms with Gasteiger partial charge in [0.1, 0.15) is 0 Å². The van der Waals surface area contributed by atoms with Crippen LogP contribution in [-0.4, -0.2) is 35.7 Å². The van der Waals surface area contributed by atoms with E-state index in [0.717, 1.165) is 18.8 Å². The molecule has 0 heterocycles. The molecule has 0 aliphatic heterocycles. The molecule has 0 aliphatic rings. The molecule has 0 unspecified atom stereocenters. The SMILES string of the molecule is CC(C)N(CCCl)CCSc1ccccc1. The summed E-state index contributed by atoms with van der Waals surface area (Å²) in [5.41, 5.74) is 0. The molecule has 0 radical (unpaired) electrons. The molecular formula is C13H20ClNS. The van der Waals surface area contributed by atoms with Crippen molar-refractivity contribution in [2.24, 2.45) is 0 Å². The van der Waals surface area contributed by atoms with Crippen LogP contribution in [0.2, 0.25) is 0 Å². The Balaban J connectivity index is 2.28. The van der Waals surface area contributed by atoms with Gasteiger partial charge in [-0.15, -0.1) is 23.4 Å². The Morgan fingerprint density at radius 3 is 2.44 bits per heavy atom. The van der Waals surface area contributed by atoms with Crippen molar-refractivity contribution in [2.75, 3.05) is 24.7 Å². The van der Waals surface area contributed by atoms with Gasteiger partial charge in [0.05, 0.1) is 0 Å². The third-order valence-corrected chi connectivity index (χ3v) is 3.65. The second-order valence-electron chi connectivity index (χ2n) is 3.98. The molecule has 16 heavy (non-hydrogen) atoms. The smallest absolute Gasteiger partial charge is 0.0351 e. The number of alkyl halides is 1. The average Bonchev–Trinajstić information content (AvgIpc) is 2.29. The first-order valence-corrected chi connectivity index (χ1v) is 7.24. The van der Waals surface area contributed by atoms with E-state index >= 15 is 0 Å². The number of benzene rings is 1. The monoisotopic (exact) mass is 257 g/mol. The highest BCUT2D eigenvalue weighted by Crippen LogP contribution is 2.17. The molecular weight excluding hydrogens is 238 g/mol. The Kier molecular flexibility index (Phi) is 6.93. The lowest BCUT2D eigenvalue weighted by Crippen LogP contribution is -2.34. The van der Waals surface area contributed by atoms with Crippen molar-refractivity contribution < 1.29 is 0 Å². The van der Waals surface area contributed by atoms with Crippen LogP contribution >= 0.6 is 23.4 Å². The van der Waals surface area contributed by atoms with Crippen LogP contribution in [0, 0.1) is 0 Å². The van der Waals surface area contributed by atoms with Gasteiger partial charge in [0, 0.05) is 35.7 Å². The quantitative estimate of drug-likeness (QED) is 0.541. The molecule has 0 atom stereocenters. The predicted molar refractivity (Wildman–Crippen MR) is 74.6 cm³/mol. The molecule has 1 rings (SSSR count). The van der Waals surface area contributed by atoms with Crippen LogP contribution in [-0.2, 0) is 0 Å². The Labute approximate surface area is 108 Å². The van der Waals surface area contributed by atoms with Gasteiger partial charge in [-0.2, -0.15) is 0 Å². The Bertz CT molecular complexity index is 277. The molecule has 0 N–H and O–H groups in total. The maximum atomic E-state index is 5.79. The van der Waals surface area contributed by atoms with Crippen molar-refractivity contribution >= 4 is 23.4 Å². The van der Waals surface area contributed by atoms with Gasteiger partial charge in [-0.3, -0.25) is 4.90 Å². The summed E-state index contributed by atoms with van der Waals surface area (Å²) in [6.07, 6.45) is 0. The molecule has 3 heteroatoms. The van der Waals surface area contributed by atoms with Crippen LogP contribution in [0.4, 0.5) is 0 Å². The van der Waals surface area contributed by atoms with Gasteiger partial charge in [0.25, 0.3) is 0 Å². The maximum absolute atomic E-state index is 5.79. The average molecular weight is 258 g/mol. The van der Waals surface area contributed by atoms with Gasteiger partial charge < -0.3 is 0 Å². The highest BCUT2D eigenvalue weighted by molar-refractivity contribution is 7.99. The summed E-state index contributed by atoms with van der Waals surface area (Å²) in [5, 5.41) is 0. The summed E-state index contributed by atoms with van der Waals surface area (Å²) in [6, 6.07) is 11.1. The second-order valence-corrected chi connectivity index (χ2v) is 5.53. The first kappa shape index (κ1) is 13.9. The van der Waals surface area contributed by atoms with Gasteiger partial charge >= 0.3 is 0 Å². The first-order valence-electron chi connectivity index (χ1n) is 5.72. The molecule has 0 amide bonds. The summed E-state index contributed by atoms with van der Waals surface area (Å²) in [7, 11) is 0. The minimum atomic E-state index is 0.579. The highest BCUT2D eigenvalue weighted by Gasteiger charge is 2.07. The van der Waals surface area contributed by atoms with Crippen molar-refractivity contribution in [1.82, 2.24) is 4.90 Å². The number of hydrogen-bond acceptors (Lipinski definition) is 2. The lowest BCUT2D eigenvalue weighted by Gasteiger charge is -2.25. The zero-order valence-corrected chi connectivity index (χ0v) is 11.6. The minimum Gasteiger partial charge on any atom is -0.299 e. The van der Waals surface area contributed by atoms with Crippen LogP contribution in [0.3, 0.4) is 0 Å². The van der Waals surface area contributed by atoms with Crippen LogP contribution in [0.25, 0.3) is 0 Å². The molecule has 0 spiro atoms. The van der Waals surface area contributed by atoms with E-state index in [0.29, 0.717) is 11.9 Å². The number of hydrogen-bond donors (Lipinski definition) is 0. The molecule has 0 aromatic heterocycles.